The first-order valence-corrected chi connectivity index (χ1v) is 11.1. The maximum Gasteiger partial charge on any atom is 0.164 e. The molecule has 0 bridgehead atoms. The van der Waals surface area contributed by atoms with E-state index in [1.54, 1.807) is 13.2 Å². The first kappa shape index (κ1) is 20.0. The molecule has 0 saturated heterocycles. The van der Waals surface area contributed by atoms with Crippen molar-refractivity contribution in [3.8, 4) is 11.5 Å². The van der Waals surface area contributed by atoms with Gasteiger partial charge < -0.3 is 20.3 Å². The molecule has 2 aliphatic rings. The molecular weight excluding hydrogens is 488 g/mol. The smallest absolute Gasteiger partial charge is 0.164 e. The van der Waals surface area contributed by atoms with Crippen molar-refractivity contribution < 1.29 is 14.9 Å². The Bertz CT molecular complexity index is 869. The fourth-order valence-electron chi connectivity index (χ4n) is 4.33. The van der Waals surface area contributed by atoms with E-state index in [1.165, 1.54) is 5.56 Å². The van der Waals surface area contributed by atoms with Gasteiger partial charge in [0.25, 0.3) is 0 Å². The van der Waals surface area contributed by atoms with Crippen molar-refractivity contribution in [2.24, 2.45) is 0 Å². The van der Waals surface area contributed by atoms with Gasteiger partial charge in [-0.15, -0.1) is 0 Å². The van der Waals surface area contributed by atoms with Crippen molar-refractivity contribution in [3.63, 3.8) is 0 Å². The maximum atomic E-state index is 10.8. The number of phenolic OH excluding ortho intramolecular Hbond substituents is 1. The van der Waals surface area contributed by atoms with Crippen LogP contribution in [0.25, 0.3) is 0 Å². The number of nitrogens with zero attached hydrogens (tertiary/aromatic N) is 1. The van der Waals surface area contributed by atoms with Gasteiger partial charge in [-0.25, -0.2) is 0 Å². The molecule has 28 heavy (non-hydrogen) atoms. The van der Waals surface area contributed by atoms with E-state index in [4.69, 9.17) is 4.74 Å². The summed E-state index contributed by atoms with van der Waals surface area (Å²) in [6.07, 6.45) is 3.12. The molecular formula is C21H24Br2N2O3. The number of aromatic hydroxyl groups is 1. The summed E-state index contributed by atoms with van der Waals surface area (Å²) in [5, 5.41) is 24.4. The number of aliphatic hydroxyl groups excluding tert-OH is 1. The van der Waals surface area contributed by atoms with Crippen molar-refractivity contribution in [3.05, 3.63) is 50.4 Å². The molecule has 0 spiro atoms. The molecule has 7 heteroatoms. The van der Waals surface area contributed by atoms with Crippen LogP contribution >= 0.6 is 31.9 Å². The molecule has 1 unspecified atom stereocenters. The minimum atomic E-state index is -0.201. The number of anilines is 1. The van der Waals surface area contributed by atoms with Gasteiger partial charge in [0.15, 0.2) is 11.5 Å². The van der Waals surface area contributed by atoms with Crippen molar-refractivity contribution in [2.75, 3.05) is 12.4 Å². The number of nitrogens with one attached hydrogen (secondary N) is 1. The Labute approximate surface area is 182 Å². The quantitative estimate of drug-likeness (QED) is 0.531. The van der Waals surface area contributed by atoms with Gasteiger partial charge in [0.1, 0.15) is 6.17 Å². The molecule has 150 valence electrons. The van der Waals surface area contributed by atoms with Crippen LogP contribution in [0.5, 0.6) is 11.5 Å². The Morgan fingerprint density at radius 1 is 1.14 bits per heavy atom. The van der Waals surface area contributed by atoms with Crippen molar-refractivity contribution in [2.45, 2.75) is 50.5 Å². The summed E-state index contributed by atoms with van der Waals surface area (Å²) in [5.41, 5.74) is 3.04. The van der Waals surface area contributed by atoms with Gasteiger partial charge in [0, 0.05) is 27.1 Å². The normalized spacial score (nSPS) is 25.1. The predicted molar refractivity (Wildman–Crippen MR) is 117 cm³/mol. The van der Waals surface area contributed by atoms with Gasteiger partial charge in [0.05, 0.1) is 18.9 Å². The van der Waals surface area contributed by atoms with Crippen LogP contribution < -0.4 is 10.1 Å². The Kier molecular flexibility index (Phi) is 5.88. The third-order valence-corrected chi connectivity index (χ3v) is 6.87. The molecule has 1 heterocycles. The van der Waals surface area contributed by atoms with Crippen molar-refractivity contribution in [1.29, 1.82) is 0 Å². The molecule has 1 aliphatic carbocycles. The standard InChI is InChI=1S/C21H24Br2N2O3/c1-28-18-4-2-3-16(20(18)27)21-24-19-12(9-13(22)10-17(19)23)11-25(21)14-5-7-15(26)8-6-14/h2-4,9-10,14-15,21,24,26-27H,5-8,11H2,1H3. The van der Waals surface area contributed by atoms with Gasteiger partial charge >= 0.3 is 0 Å². The summed E-state index contributed by atoms with van der Waals surface area (Å²) in [6.45, 7) is 0.766. The first-order chi connectivity index (χ1) is 13.5. The van der Waals surface area contributed by atoms with E-state index in [2.05, 4.69) is 48.1 Å². The Morgan fingerprint density at radius 2 is 1.89 bits per heavy atom. The molecule has 1 atom stereocenters. The van der Waals surface area contributed by atoms with E-state index in [1.807, 2.05) is 18.2 Å². The number of hydrogen-bond acceptors (Lipinski definition) is 5. The number of phenols is 1. The van der Waals surface area contributed by atoms with E-state index >= 15 is 0 Å². The van der Waals surface area contributed by atoms with Crippen LogP contribution in [-0.4, -0.2) is 34.4 Å². The highest BCUT2D eigenvalue weighted by Gasteiger charge is 2.36. The van der Waals surface area contributed by atoms with Crippen LogP contribution in [0, 0.1) is 0 Å². The molecule has 1 saturated carbocycles. The molecule has 2 aromatic carbocycles. The average molecular weight is 512 g/mol. The van der Waals surface area contributed by atoms with Gasteiger partial charge in [-0.1, -0.05) is 28.1 Å². The number of rotatable bonds is 3. The molecule has 5 nitrogen and oxygen atoms in total. The summed E-state index contributed by atoms with van der Waals surface area (Å²) in [4.78, 5) is 2.40. The van der Waals surface area contributed by atoms with Crippen molar-refractivity contribution >= 4 is 37.5 Å². The summed E-state index contributed by atoms with van der Waals surface area (Å²) < 4.78 is 7.35. The van der Waals surface area contributed by atoms with E-state index in [-0.39, 0.29) is 18.0 Å². The second-order valence-corrected chi connectivity index (χ2v) is 9.27. The van der Waals surface area contributed by atoms with E-state index in [0.29, 0.717) is 11.8 Å². The van der Waals surface area contributed by atoms with Gasteiger partial charge in [-0.2, -0.15) is 0 Å². The Balaban J connectivity index is 1.76. The highest BCUT2D eigenvalue weighted by molar-refractivity contribution is 9.11. The molecule has 3 N–H and O–H groups in total. The zero-order valence-electron chi connectivity index (χ0n) is 15.7. The number of aliphatic hydroxyl groups is 1. The third kappa shape index (κ3) is 3.77. The topological polar surface area (TPSA) is 65.0 Å². The predicted octanol–water partition coefficient (Wildman–Crippen LogP) is 5.16. The molecule has 0 aromatic heterocycles. The highest BCUT2D eigenvalue weighted by atomic mass is 79.9. The second kappa shape index (κ2) is 8.22. The number of fused-ring (bicyclic) bond motifs is 1. The van der Waals surface area contributed by atoms with Crippen LogP contribution in [0.3, 0.4) is 0 Å². The zero-order valence-corrected chi connectivity index (χ0v) is 18.8. The maximum absolute atomic E-state index is 10.8. The SMILES string of the molecule is COc1cccc(C2Nc3c(Br)cc(Br)cc3CN2C2CCC(O)CC2)c1O. The van der Waals surface area contributed by atoms with E-state index in [9.17, 15) is 10.2 Å². The monoisotopic (exact) mass is 510 g/mol. The Morgan fingerprint density at radius 3 is 2.61 bits per heavy atom. The van der Waals surface area contributed by atoms with Gasteiger partial charge in [0.2, 0.25) is 0 Å². The number of halogens is 2. The number of ether oxygens (including phenoxy) is 1. The third-order valence-electron chi connectivity index (χ3n) is 5.78. The number of para-hydroxylation sites is 1. The van der Waals surface area contributed by atoms with Crippen molar-refractivity contribution in [1.82, 2.24) is 4.90 Å². The van der Waals surface area contributed by atoms with Gasteiger partial charge in [-0.05, 0) is 65.4 Å². The summed E-state index contributed by atoms with van der Waals surface area (Å²) >= 11 is 7.26. The average Bonchev–Trinajstić information content (AvgIpc) is 2.68. The van der Waals surface area contributed by atoms with E-state index in [0.717, 1.165) is 52.4 Å². The lowest BCUT2D eigenvalue weighted by molar-refractivity contribution is 0.0492. The van der Waals surface area contributed by atoms with Crippen LogP contribution in [-0.2, 0) is 6.54 Å². The highest BCUT2D eigenvalue weighted by Crippen LogP contribution is 2.45. The van der Waals surface area contributed by atoms with Crippen LogP contribution in [0.2, 0.25) is 0 Å². The summed E-state index contributed by atoms with van der Waals surface area (Å²) in [7, 11) is 1.57. The molecule has 2 aromatic rings. The number of hydrogen-bond donors (Lipinski definition) is 3. The zero-order chi connectivity index (χ0) is 19.8. The Hall–Kier alpha value is -1.28. The van der Waals surface area contributed by atoms with Crippen LogP contribution in [0.1, 0.15) is 43.0 Å². The van der Waals surface area contributed by atoms with E-state index < -0.39 is 0 Å². The largest absolute Gasteiger partial charge is 0.504 e. The van der Waals surface area contributed by atoms with Gasteiger partial charge in [-0.3, -0.25) is 4.90 Å². The first-order valence-electron chi connectivity index (χ1n) is 9.52. The number of benzene rings is 2. The minimum absolute atomic E-state index is 0.167. The molecule has 0 amide bonds. The minimum Gasteiger partial charge on any atom is -0.504 e. The van der Waals surface area contributed by atoms with Crippen LogP contribution in [0.4, 0.5) is 5.69 Å². The molecule has 0 radical (unpaired) electrons. The molecule has 4 rings (SSSR count). The number of methoxy groups -OCH3 is 1. The molecule has 1 fully saturated rings. The molecule has 1 aliphatic heterocycles. The lowest BCUT2D eigenvalue weighted by Gasteiger charge is -2.45. The van der Waals surface area contributed by atoms with Crippen LogP contribution in [0.15, 0.2) is 39.3 Å². The summed E-state index contributed by atoms with van der Waals surface area (Å²) in [5.74, 6) is 0.638. The fraction of sp³-hybridized carbons (Fsp3) is 0.429. The lowest BCUT2D eigenvalue weighted by Crippen LogP contribution is -2.46. The summed E-state index contributed by atoms with van der Waals surface area (Å²) in [6, 6.07) is 10.1. The fourth-order valence-corrected chi connectivity index (χ4v) is 5.76. The second-order valence-electron chi connectivity index (χ2n) is 7.50. The lowest BCUT2D eigenvalue weighted by atomic mass is 9.89.